The molecule has 0 bridgehead atoms. The molecule has 1 heteroatoms. The summed E-state index contributed by atoms with van der Waals surface area (Å²) >= 11 is 0. The molecule has 2 atom stereocenters. The highest BCUT2D eigenvalue weighted by molar-refractivity contribution is 5.02. The van der Waals surface area contributed by atoms with Gasteiger partial charge in [-0.3, -0.25) is 0 Å². The quantitative estimate of drug-likeness (QED) is 0.324. The average Bonchev–Trinajstić information content (AvgIpc) is 2.91. The molecule has 1 aliphatic heterocycles. The molecule has 0 unspecified atom stereocenters. The Balaban J connectivity index is 1.89. The summed E-state index contributed by atoms with van der Waals surface area (Å²) in [7, 11) is 0. The summed E-state index contributed by atoms with van der Waals surface area (Å²) in [6, 6.07) is 0. The maximum atomic E-state index is 5.50. The number of unbranched alkanes of at least 4 members (excludes halogenated alkanes) is 4. The summed E-state index contributed by atoms with van der Waals surface area (Å²) in [6.07, 6.45) is 14.7. The predicted octanol–water partition coefficient (Wildman–Crippen LogP) is 4.08. The van der Waals surface area contributed by atoms with Crippen molar-refractivity contribution in [3.05, 3.63) is 12.2 Å². The molecule has 1 nitrogen and oxygen atoms in total. The smallest absolute Gasteiger partial charge is 0.102 e. The van der Waals surface area contributed by atoms with Crippen LogP contribution in [0.2, 0.25) is 0 Å². The monoisotopic (exact) mass is 196 g/mol. The van der Waals surface area contributed by atoms with Crippen molar-refractivity contribution >= 4 is 0 Å². The maximum absolute atomic E-state index is 5.50. The highest BCUT2D eigenvalue weighted by Crippen LogP contribution is 2.27. The van der Waals surface area contributed by atoms with Crippen LogP contribution >= 0.6 is 0 Å². The lowest BCUT2D eigenvalue weighted by Crippen LogP contribution is -1.88. The first-order valence-corrected chi connectivity index (χ1v) is 6.20. The molecule has 1 aliphatic rings. The third-order valence-corrected chi connectivity index (χ3v) is 2.75. The van der Waals surface area contributed by atoms with E-state index in [0.717, 1.165) is 0 Å². The topological polar surface area (TPSA) is 12.5 Å². The lowest BCUT2D eigenvalue weighted by atomic mass is 10.1. The number of ether oxygens (including phenoxy) is 1. The molecule has 0 aromatic rings. The number of hydrogen-bond acceptors (Lipinski definition) is 1. The van der Waals surface area contributed by atoms with Gasteiger partial charge in [0.2, 0.25) is 0 Å². The Hall–Kier alpha value is -0.300. The van der Waals surface area contributed by atoms with Crippen LogP contribution in [0.15, 0.2) is 12.2 Å². The number of epoxide rings is 1. The number of rotatable bonds is 8. The summed E-state index contributed by atoms with van der Waals surface area (Å²) in [5.41, 5.74) is 0. The molecule has 0 N–H and O–H groups in total. The zero-order valence-corrected chi connectivity index (χ0v) is 9.67. The largest absolute Gasteiger partial charge is 0.365 e. The van der Waals surface area contributed by atoms with Crippen LogP contribution in [0.1, 0.15) is 58.8 Å². The zero-order chi connectivity index (χ0) is 10.2. The fourth-order valence-corrected chi connectivity index (χ4v) is 1.76. The normalized spacial score (nSPS) is 25.9. The van der Waals surface area contributed by atoms with Gasteiger partial charge in [-0.25, -0.2) is 0 Å². The van der Waals surface area contributed by atoms with E-state index in [0.29, 0.717) is 12.2 Å². The van der Waals surface area contributed by atoms with Crippen LogP contribution in [0, 0.1) is 0 Å². The van der Waals surface area contributed by atoms with E-state index in [1.807, 2.05) is 0 Å². The molecule has 1 heterocycles. The Kier molecular flexibility index (Phi) is 5.93. The SMILES string of the molecule is CCCCCC/C=C/[C@@H]1O[C@H]1CCC. The van der Waals surface area contributed by atoms with Crippen molar-refractivity contribution < 1.29 is 4.74 Å². The van der Waals surface area contributed by atoms with Gasteiger partial charge in [-0.05, 0) is 19.3 Å². The van der Waals surface area contributed by atoms with Gasteiger partial charge < -0.3 is 4.74 Å². The Morgan fingerprint density at radius 1 is 1.07 bits per heavy atom. The predicted molar refractivity (Wildman–Crippen MR) is 61.5 cm³/mol. The van der Waals surface area contributed by atoms with Gasteiger partial charge in [0.05, 0.1) is 6.10 Å². The Bertz CT molecular complexity index is 163. The van der Waals surface area contributed by atoms with Crippen LogP contribution in [0.3, 0.4) is 0 Å². The zero-order valence-electron chi connectivity index (χ0n) is 9.67. The van der Waals surface area contributed by atoms with Crippen molar-refractivity contribution in [1.82, 2.24) is 0 Å². The lowest BCUT2D eigenvalue weighted by molar-refractivity contribution is 0.378. The summed E-state index contributed by atoms with van der Waals surface area (Å²) < 4.78 is 5.50. The van der Waals surface area contributed by atoms with Gasteiger partial charge in [0.15, 0.2) is 0 Å². The van der Waals surface area contributed by atoms with Crippen LogP contribution in [0.4, 0.5) is 0 Å². The van der Waals surface area contributed by atoms with Crippen molar-refractivity contribution in [3.63, 3.8) is 0 Å². The summed E-state index contributed by atoms with van der Waals surface area (Å²) in [5, 5.41) is 0. The summed E-state index contributed by atoms with van der Waals surface area (Å²) in [4.78, 5) is 0. The van der Waals surface area contributed by atoms with Crippen molar-refractivity contribution in [2.24, 2.45) is 0 Å². The average molecular weight is 196 g/mol. The van der Waals surface area contributed by atoms with Gasteiger partial charge >= 0.3 is 0 Å². The molecule has 0 radical (unpaired) electrons. The molecule has 1 rings (SSSR count). The standard InChI is InChI=1S/C13H24O/c1-3-5-6-7-8-9-11-13-12(14-13)10-4-2/h9,11-13H,3-8,10H2,1-2H3/b11-9+/t12-,13-/m0/s1. The molecule has 0 amide bonds. The summed E-state index contributed by atoms with van der Waals surface area (Å²) in [5.74, 6) is 0. The van der Waals surface area contributed by atoms with E-state index < -0.39 is 0 Å². The van der Waals surface area contributed by atoms with Crippen LogP contribution in [0.25, 0.3) is 0 Å². The Labute approximate surface area is 88.5 Å². The van der Waals surface area contributed by atoms with Crippen molar-refractivity contribution in [3.8, 4) is 0 Å². The molecule has 0 aromatic carbocycles. The second kappa shape index (κ2) is 7.05. The van der Waals surface area contributed by atoms with Gasteiger partial charge in [0.1, 0.15) is 6.10 Å². The van der Waals surface area contributed by atoms with E-state index in [9.17, 15) is 0 Å². The van der Waals surface area contributed by atoms with E-state index in [1.54, 1.807) is 0 Å². The molecule has 0 aromatic heterocycles. The molecule has 82 valence electrons. The van der Waals surface area contributed by atoms with E-state index in [2.05, 4.69) is 26.0 Å². The number of hydrogen-bond donors (Lipinski definition) is 0. The minimum atomic E-state index is 0.459. The van der Waals surface area contributed by atoms with Crippen LogP contribution < -0.4 is 0 Å². The second-order valence-corrected chi connectivity index (χ2v) is 4.21. The van der Waals surface area contributed by atoms with E-state index >= 15 is 0 Å². The first kappa shape index (κ1) is 11.8. The van der Waals surface area contributed by atoms with E-state index in [1.165, 1.54) is 44.9 Å². The number of allylic oxidation sites excluding steroid dienone is 1. The maximum Gasteiger partial charge on any atom is 0.102 e. The third-order valence-electron chi connectivity index (χ3n) is 2.75. The molecule has 0 spiro atoms. The molecular weight excluding hydrogens is 172 g/mol. The lowest BCUT2D eigenvalue weighted by Gasteiger charge is -1.93. The molecule has 0 saturated carbocycles. The van der Waals surface area contributed by atoms with E-state index in [4.69, 9.17) is 4.74 Å². The van der Waals surface area contributed by atoms with Gasteiger partial charge in [-0.2, -0.15) is 0 Å². The summed E-state index contributed by atoms with van der Waals surface area (Å²) in [6.45, 7) is 4.47. The molecule has 1 saturated heterocycles. The highest BCUT2D eigenvalue weighted by Gasteiger charge is 2.34. The van der Waals surface area contributed by atoms with Gasteiger partial charge in [0, 0.05) is 0 Å². The van der Waals surface area contributed by atoms with Gasteiger partial charge in [0.25, 0.3) is 0 Å². The second-order valence-electron chi connectivity index (χ2n) is 4.21. The Morgan fingerprint density at radius 3 is 2.64 bits per heavy atom. The fourth-order valence-electron chi connectivity index (χ4n) is 1.76. The highest BCUT2D eigenvalue weighted by atomic mass is 16.6. The molecular formula is C13H24O. The molecule has 1 fully saturated rings. The van der Waals surface area contributed by atoms with Gasteiger partial charge in [-0.15, -0.1) is 0 Å². The third kappa shape index (κ3) is 4.80. The van der Waals surface area contributed by atoms with Crippen LogP contribution in [-0.4, -0.2) is 12.2 Å². The van der Waals surface area contributed by atoms with Crippen LogP contribution in [0.5, 0.6) is 0 Å². The first-order chi connectivity index (χ1) is 6.88. The minimum absolute atomic E-state index is 0.459. The van der Waals surface area contributed by atoms with Gasteiger partial charge in [-0.1, -0.05) is 51.7 Å². The molecule has 14 heavy (non-hydrogen) atoms. The Morgan fingerprint density at radius 2 is 1.93 bits per heavy atom. The minimum Gasteiger partial charge on any atom is -0.365 e. The first-order valence-electron chi connectivity index (χ1n) is 6.20. The van der Waals surface area contributed by atoms with E-state index in [-0.39, 0.29) is 0 Å². The molecule has 0 aliphatic carbocycles. The van der Waals surface area contributed by atoms with Crippen molar-refractivity contribution in [2.45, 2.75) is 71.0 Å². The van der Waals surface area contributed by atoms with Crippen molar-refractivity contribution in [1.29, 1.82) is 0 Å². The fraction of sp³-hybridized carbons (Fsp3) is 0.846. The van der Waals surface area contributed by atoms with Crippen LogP contribution in [-0.2, 0) is 4.74 Å². The van der Waals surface area contributed by atoms with Crippen molar-refractivity contribution in [2.75, 3.05) is 0 Å².